The molecule has 1 aliphatic heterocycles. The van der Waals surface area contributed by atoms with Crippen LogP contribution >= 0.6 is 11.3 Å². The van der Waals surface area contributed by atoms with Gasteiger partial charge in [0.1, 0.15) is 4.21 Å². The van der Waals surface area contributed by atoms with E-state index in [1.807, 2.05) is 37.3 Å². The monoisotopic (exact) mass is 568 g/mol. The molecular weight excluding hydrogens is 536 g/mol. The van der Waals surface area contributed by atoms with Gasteiger partial charge in [-0.25, -0.2) is 13.2 Å². The number of nitrogens with one attached hydrogen (secondary N) is 1. The SMILES string of the molecule is CCCCC(=O)N1CCN(S(=O)(=O)c2cccs2)C(OC(=O)Nc2ccc3c(c2)c2ccccc2n3CC)C1. The minimum Gasteiger partial charge on any atom is -0.427 e. The first-order valence-corrected chi connectivity index (χ1v) is 15.5. The molecule has 2 aromatic heterocycles. The number of nitrogens with zero attached hydrogens (tertiary/aromatic N) is 3. The summed E-state index contributed by atoms with van der Waals surface area (Å²) in [5.74, 6) is -0.0724. The van der Waals surface area contributed by atoms with E-state index in [0.717, 1.165) is 52.5 Å². The quantitative estimate of drug-likeness (QED) is 0.304. The van der Waals surface area contributed by atoms with Crippen molar-refractivity contribution < 1.29 is 22.7 Å². The summed E-state index contributed by atoms with van der Waals surface area (Å²) < 4.78 is 36.0. The van der Waals surface area contributed by atoms with Gasteiger partial charge in [0.15, 0.2) is 6.23 Å². The zero-order chi connectivity index (χ0) is 27.6. The first-order valence-electron chi connectivity index (χ1n) is 13.1. The van der Waals surface area contributed by atoms with Crippen molar-refractivity contribution in [1.29, 1.82) is 0 Å². The highest BCUT2D eigenvalue weighted by molar-refractivity contribution is 7.91. The number of para-hydroxylation sites is 1. The van der Waals surface area contributed by atoms with E-state index in [2.05, 4.69) is 22.9 Å². The number of piperazine rings is 1. The van der Waals surface area contributed by atoms with Crippen molar-refractivity contribution in [1.82, 2.24) is 13.8 Å². The Morgan fingerprint density at radius 1 is 1.03 bits per heavy atom. The predicted molar refractivity (Wildman–Crippen MR) is 153 cm³/mol. The second-order valence-corrected chi connectivity index (χ2v) is 12.5. The summed E-state index contributed by atoms with van der Waals surface area (Å²) in [6.07, 6.45) is 0.0608. The first kappa shape index (κ1) is 27.2. The van der Waals surface area contributed by atoms with Crippen LogP contribution in [0.15, 0.2) is 64.2 Å². The Kier molecular flexibility index (Phi) is 7.92. The molecule has 0 radical (unpaired) electrons. The summed E-state index contributed by atoms with van der Waals surface area (Å²) in [5, 5.41) is 6.53. The average molecular weight is 569 g/mol. The average Bonchev–Trinajstić information content (AvgIpc) is 3.59. The van der Waals surface area contributed by atoms with Crippen LogP contribution in [0.25, 0.3) is 21.8 Å². The van der Waals surface area contributed by atoms with Gasteiger partial charge >= 0.3 is 6.09 Å². The highest BCUT2D eigenvalue weighted by Crippen LogP contribution is 2.31. The number of thiophene rings is 1. The van der Waals surface area contributed by atoms with Gasteiger partial charge in [0, 0.05) is 53.5 Å². The predicted octanol–water partition coefficient (Wildman–Crippen LogP) is 5.47. The number of unbranched alkanes of at least 4 members (excludes halogenated alkanes) is 1. The zero-order valence-electron chi connectivity index (χ0n) is 22.0. The van der Waals surface area contributed by atoms with Crippen LogP contribution < -0.4 is 5.32 Å². The Morgan fingerprint density at radius 3 is 2.56 bits per heavy atom. The number of hydrogen-bond acceptors (Lipinski definition) is 6. The van der Waals surface area contributed by atoms with E-state index in [1.165, 1.54) is 10.4 Å². The first-order chi connectivity index (χ1) is 18.8. The molecule has 0 aliphatic carbocycles. The fraction of sp³-hybridized carbons (Fsp3) is 0.357. The molecule has 1 aliphatic rings. The molecule has 0 spiro atoms. The van der Waals surface area contributed by atoms with E-state index in [0.29, 0.717) is 12.1 Å². The fourth-order valence-corrected chi connectivity index (χ4v) is 7.70. The molecule has 9 nitrogen and oxygen atoms in total. The number of ether oxygens (including phenoxy) is 1. The molecule has 1 saturated heterocycles. The second kappa shape index (κ2) is 11.4. The van der Waals surface area contributed by atoms with Gasteiger partial charge in [0.05, 0.1) is 6.54 Å². The lowest BCUT2D eigenvalue weighted by molar-refractivity contribution is -0.137. The molecule has 0 saturated carbocycles. The van der Waals surface area contributed by atoms with Gasteiger partial charge < -0.3 is 14.2 Å². The highest BCUT2D eigenvalue weighted by Gasteiger charge is 2.40. The van der Waals surface area contributed by atoms with E-state index in [4.69, 9.17) is 4.74 Å². The van der Waals surface area contributed by atoms with E-state index in [9.17, 15) is 18.0 Å². The third-order valence-corrected chi connectivity index (χ3v) is 10.3. The van der Waals surface area contributed by atoms with Crippen molar-refractivity contribution >= 4 is 60.9 Å². The standard InChI is InChI=1S/C28H32N4O5S2/c1-3-5-11-25(33)30-15-16-32(39(35,36)27-12-8-17-38-27)26(19-30)37-28(34)29-20-13-14-24-22(18-20)21-9-6-7-10-23(21)31(24)4-2/h6-10,12-14,17-18,26H,3-5,11,15-16,19H2,1-2H3,(H,29,34). The Bertz CT molecular complexity index is 1600. The molecular formula is C28H32N4O5S2. The van der Waals surface area contributed by atoms with E-state index >= 15 is 0 Å². The number of rotatable bonds is 8. The number of amides is 2. The number of carbonyl (C=O) groups is 2. The maximum Gasteiger partial charge on any atom is 0.413 e. The summed E-state index contributed by atoms with van der Waals surface area (Å²) in [6.45, 7) is 5.16. The van der Waals surface area contributed by atoms with Crippen molar-refractivity contribution in [3.63, 3.8) is 0 Å². The summed E-state index contributed by atoms with van der Waals surface area (Å²) in [6, 6.07) is 16.9. The Labute approximate surface area is 232 Å². The lowest BCUT2D eigenvalue weighted by atomic mass is 10.1. The van der Waals surface area contributed by atoms with Gasteiger partial charge in [-0.2, -0.15) is 4.31 Å². The Morgan fingerprint density at radius 2 is 1.82 bits per heavy atom. The largest absolute Gasteiger partial charge is 0.427 e. The van der Waals surface area contributed by atoms with Gasteiger partial charge in [-0.05, 0) is 49.1 Å². The van der Waals surface area contributed by atoms with Crippen LogP contribution in [-0.4, -0.2) is 60.1 Å². The van der Waals surface area contributed by atoms with Crippen LogP contribution in [0.5, 0.6) is 0 Å². The number of anilines is 1. The molecule has 206 valence electrons. The third kappa shape index (κ3) is 5.39. The van der Waals surface area contributed by atoms with Gasteiger partial charge in [-0.1, -0.05) is 37.6 Å². The third-order valence-electron chi connectivity index (χ3n) is 7.02. The van der Waals surface area contributed by atoms with Crippen LogP contribution in [0.2, 0.25) is 0 Å². The van der Waals surface area contributed by atoms with Gasteiger partial charge in [-0.15, -0.1) is 11.3 Å². The molecule has 5 rings (SSSR count). The normalized spacial score (nSPS) is 16.6. The summed E-state index contributed by atoms with van der Waals surface area (Å²) >= 11 is 1.10. The fourth-order valence-electron chi connectivity index (χ4n) is 5.09. The van der Waals surface area contributed by atoms with Crippen LogP contribution in [0.1, 0.15) is 33.1 Å². The van der Waals surface area contributed by atoms with Crippen molar-refractivity contribution in [3.8, 4) is 0 Å². The lowest BCUT2D eigenvalue weighted by Gasteiger charge is -2.39. The molecule has 39 heavy (non-hydrogen) atoms. The molecule has 1 unspecified atom stereocenters. The highest BCUT2D eigenvalue weighted by atomic mass is 32.2. The second-order valence-electron chi connectivity index (χ2n) is 9.47. The maximum atomic E-state index is 13.4. The molecule has 1 N–H and O–H groups in total. The van der Waals surface area contributed by atoms with Gasteiger partial charge in [0.2, 0.25) is 5.91 Å². The maximum absolute atomic E-state index is 13.4. The smallest absolute Gasteiger partial charge is 0.413 e. The Hall–Kier alpha value is -3.41. The van der Waals surface area contributed by atoms with Gasteiger partial charge in [0.25, 0.3) is 10.0 Å². The number of benzene rings is 2. The van der Waals surface area contributed by atoms with Crippen LogP contribution in [0.3, 0.4) is 0 Å². The molecule has 1 atom stereocenters. The van der Waals surface area contributed by atoms with E-state index < -0.39 is 22.3 Å². The number of aryl methyl sites for hydroxylation is 1. The van der Waals surface area contributed by atoms with Crippen molar-refractivity contribution in [2.75, 3.05) is 25.0 Å². The number of aromatic nitrogens is 1. The van der Waals surface area contributed by atoms with Crippen molar-refractivity contribution in [3.05, 3.63) is 60.0 Å². The molecule has 2 amide bonds. The van der Waals surface area contributed by atoms with Crippen LogP contribution in [0, 0.1) is 0 Å². The molecule has 4 aromatic rings. The number of hydrogen-bond donors (Lipinski definition) is 1. The topological polar surface area (TPSA) is 101 Å². The molecule has 11 heteroatoms. The summed E-state index contributed by atoms with van der Waals surface area (Å²) in [7, 11) is -3.90. The molecule has 1 fully saturated rings. The Balaban J connectivity index is 1.38. The van der Waals surface area contributed by atoms with E-state index in [-0.39, 0.29) is 29.8 Å². The van der Waals surface area contributed by atoms with Crippen LogP contribution in [0.4, 0.5) is 10.5 Å². The summed E-state index contributed by atoms with van der Waals surface area (Å²) in [4.78, 5) is 27.4. The minimum absolute atomic E-state index is 0.0242. The lowest BCUT2D eigenvalue weighted by Crippen LogP contribution is -2.58. The van der Waals surface area contributed by atoms with Crippen molar-refractivity contribution in [2.45, 2.75) is 50.1 Å². The number of carbonyl (C=O) groups excluding carboxylic acids is 2. The number of sulfonamides is 1. The van der Waals surface area contributed by atoms with E-state index in [1.54, 1.807) is 22.4 Å². The number of fused-ring (bicyclic) bond motifs is 3. The summed E-state index contributed by atoms with van der Waals surface area (Å²) in [5.41, 5.74) is 2.70. The minimum atomic E-state index is -3.90. The zero-order valence-corrected chi connectivity index (χ0v) is 23.6. The van der Waals surface area contributed by atoms with Gasteiger partial charge in [-0.3, -0.25) is 10.1 Å². The van der Waals surface area contributed by atoms with Crippen molar-refractivity contribution in [2.24, 2.45) is 0 Å². The molecule has 2 aromatic carbocycles. The molecule has 0 bridgehead atoms. The molecule has 3 heterocycles. The van der Waals surface area contributed by atoms with Crippen LogP contribution in [-0.2, 0) is 26.1 Å².